The predicted octanol–water partition coefficient (Wildman–Crippen LogP) is -0.00390. The monoisotopic (exact) mass is 387 g/mol. The Balaban J connectivity index is 1.44. The zero-order chi connectivity index (χ0) is 19.7. The molecular formula is C19H25N5O4. The summed E-state index contributed by atoms with van der Waals surface area (Å²) in [6.07, 6.45) is 4.44. The molecule has 4 rings (SSSR count). The maximum absolute atomic E-state index is 12.9. The van der Waals surface area contributed by atoms with Crippen molar-refractivity contribution in [2.75, 3.05) is 39.8 Å². The first-order valence-electron chi connectivity index (χ1n) is 9.66. The molecule has 1 aromatic heterocycles. The van der Waals surface area contributed by atoms with Crippen LogP contribution in [0.4, 0.5) is 4.79 Å². The fraction of sp³-hybridized carbons (Fsp3) is 0.579. The van der Waals surface area contributed by atoms with E-state index in [4.69, 9.17) is 4.74 Å². The molecule has 1 N–H and O–H groups in total. The SMILES string of the molecule is CN1CCN(CCNC(=O)[C@H]2OCC(=O)N(C3CC3)[C@@H]2c2cccnc2)C1=O. The number of hydrogen-bond acceptors (Lipinski definition) is 5. The third-order valence-electron chi connectivity index (χ3n) is 5.47. The Hall–Kier alpha value is -2.68. The van der Waals surface area contributed by atoms with Gasteiger partial charge in [-0.15, -0.1) is 0 Å². The lowest BCUT2D eigenvalue weighted by molar-refractivity contribution is -0.165. The minimum absolute atomic E-state index is 0.0260. The van der Waals surface area contributed by atoms with Crippen LogP contribution in [0.1, 0.15) is 24.4 Å². The second-order valence-corrected chi connectivity index (χ2v) is 7.48. The van der Waals surface area contributed by atoms with Crippen LogP contribution in [0, 0.1) is 0 Å². The standard InChI is InChI=1S/C19H25N5O4/c1-22-9-10-23(19(22)27)8-7-21-18(26)17-16(13-3-2-6-20-11-13)24(14-4-5-14)15(25)12-28-17/h2-3,6,11,14,16-17H,4-5,7-10,12H2,1H3,(H,21,26)/t16-,17+/m1/s1. The van der Waals surface area contributed by atoms with Gasteiger partial charge in [-0.25, -0.2) is 4.79 Å². The molecule has 0 unspecified atom stereocenters. The van der Waals surface area contributed by atoms with Crippen LogP contribution in [0.5, 0.6) is 0 Å². The highest BCUT2D eigenvalue weighted by atomic mass is 16.5. The van der Waals surface area contributed by atoms with Crippen LogP contribution in [0.25, 0.3) is 0 Å². The summed E-state index contributed by atoms with van der Waals surface area (Å²) in [5.74, 6) is -0.363. The Morgan fingerprint density at radius 1 is 1.32 bits per heavy atom. The largest absolute Gasteiger partial charge is 0.356 e. The third kappa shape index (κ3) is 3.66. The van der Waals surface area contributed by atoms with Gasteiger partial charge in [0.25, 0.3) is 5.91 Å². The summed E-state index contributed by atoms with van der Waals surface area (Å²) in [4.78, 5) is 46.6. The summed E-state index contributed by atoms with van der Waals surface area (Å²) >= 11 is 0. The first kappa shape index (κ1) is 18.7. The molecular weight excluding hydrogens is 362 g/mol. The van der Waals surface area contributed by atoms with Gasteiger partial charge in [-0.1, -0.05) is 6.07 Å². The Morgan fingerprint density at radius 3 is 2.79 bits per heavy atom. The van der Waals surface area contributed by atoms with Crippen LogP contribution in [-0.2, 0) is 14.3 Å². The highest BCUT2D eigenvalue weighted by molar-refractivity contribution is 5.86. The molecule has 28 heavy (non-hydrogen) atoms. The fourth-order valence-electron chi connectivity index (χ4n) is 3.84. The molecule has 2 saturated heterocycles. The van der Waals surface area contributed by atoms with Gasteiger partial charge in [0.1, 0.15) is 6.61 Å². The zero-order valence-corrected chi connectivity index (χ0v) is 15.9. The topological polar surface area (TPSA) is 95.1 Å². The minimum atomic E-state index is -0.792. The maximum Gasteiger partial charge on any atom is 0.319 e. The number of hydrogen-bond donors (Lipinski definition) is 1. The average Bonchev–Trinajstić information content (AvgIpc) is 3.50. The van der Waals surface area contributed by atoms with E-state index in [1.165, 1.54) is 0 Å². The number of amides is 4. The second-order valence-electron chi connectivity index (χ2n) is 7.48. The van der Waals surface area contributed by atoms with Crippen LogP contribution in [-0.4, -0.2) is 89.5 Å². The molecule has 3 heterocycles. The summed E-state index contributed by atoms with van der Waals surface area (Å²) in [6.45, 7) is 2.05. The van der Waals surface area contributed by atoms with Gasteiger partial charge in [0.2, 0.25) is 5.91 Å². The van der Waals surface area contributed by atoms with Crippen LogP contribution in [0.15, 0.2) is 24.5 Å². The number of carbonyl (C=O) groups excluding carboxylic acids is 3. The van der Waals surface area contributed by atoms with E-state index in [0.29, 0.717) is 26.2 Å². The van der Waals surface area contributed by atoms with Gasteiger partial charge < -0.3 is 24.8 Å². The van der Waals surface area contributed by atoms with Gasteiger partial charge in [-0.3, -0.25) is 14.6 Å². The number of likely N-dealkylation sites (N-methyl/N-ethyl adjacent to an activating group) is 1. The lowest BCUT2D eigenvalue weighted by atomic mass is 9.98. The second kappa shape index (κ2) is 7.75. The smallest absolute Gasteiger partial charge is 0.319 e. The molecule has 0 bridgehead atoms. The van der Waals surface area contributed by atoms with Gasteiger partial charge in [0.15, 0.2) is 6.10 Å². The number of urea groups is 1. The Labute approximate surface area is 163 Å². The van der Waals surface area contributed by atoms with Crippen LogP contribution in [0.2, 0.25) is 0 Å². The molecule has 0 radical (unpaired) electrons. The number of rotatable bonds is 6. The maximum atomic E-state index is 12.9. The van der Waals surface area contributed by atoms with Crippen molar-refractivity contribution >= 4 is 17.8 Å². The number of morpholine rings is 1. The summed E-state index contributed by atoms with van der Waals surface area (Å²) in [6, 6.07) is 3.32. The van der Waals surface area contributed by atoms with E-state index < -0.39 is 12.1 Å². The number of ether oxygens (including phenoxy) is 1. The first-order chi connectivity index (χ1) is 13.6. The molecule has 2 aliphatic heterocycles. The van der Waals surface area contributed by atoms with Crippen molar-refractivity contribution in [2.45, 2.75) is 31.0 Å². The van der Waals surface area contributed by atoms with Crippen molar-refractivity contribution in [1.29, 1.82) is 0 Å². The van der Waals surface area contributed by atoms with Crippen LogP contribution < -0.4 is 5.32 Å². The zero-order valence-electron chi connectivity index (χ0n) is 15.9. The number of carbonyl (C=O) groups is 3. The number of nitrogens with one attached hydrogen (secondary N) is 1. The van der Waals surface area contributed by atoms with Gasteiger partial charge in [-0.2, -0.15) is 0 Å². The van der Waals surface area contributed by atoms with E-state index in [9.17, 15) is 14.4 Å². The van der Waals surface area contributed by atoms with Crippen molar-refractivity contribution < 1.29 is 19.1 Å². The molecule has 0 aromatic carbocycles. The van der Waals surface area contributed by atoms with E-state index in [1.54, 1.807) is 40.2 Å². The lowest BCUT2D eigenvalue weighted by Gasteiger charge is -2.40. The van der Waals surface area contributed by atoms with E-state index in [-0.39, 0.29) is 30.5 Å². The van der Waals surface area contributed by atoms with E-state index >= 15 is 0 Å². The normalized spacial score (nSPS) is 25.4. The molecule has 2 atom stereocenters. The average molecular weight is 387 g/mol. The molecule has 150 valence electrons. The fourth-order valence-corrected chi connectivity index (χ4v) is 3.84. The third-order valence-corrected chi connectivity index (χ3v) is 5.47. The molecule has 3 aliphatic rings. The van der Waals surface area contributed by atoms with Crippen LogP contribution in [0.3, 0.4) is 0 Å². The van der Waals surface area contributed by atoms with Gasteiger partial charge in [0.05, 0.1) is 6.04 Å². The quantitative estimate of drug-likeness (QED) is 0.741. The number of nitrogens with zero attached hydrogens (tertiary/aromatic N) is 4. The first-order valence-corrected chi connectivity index (χ1v) is 9.66. The van der Waals surface area contributed by atoms with E-state index in [2.05, 4.69) is 10.3 Å². The summed E-state index contributed by atoms with van der Waals surface area (Å²) in [7, 11) is 1.76. The van der Waals surface area contributed by atoms with Gasteiger partial charge in [0, 0.05) is 51.7 Å². The number of aromatic nitrogens is 1. The van der Waals surface area contributed by atoms with Crippen molar-refractivity contribution in [2.24, 2.45) is 0 Å². The summed E-state index contributed by atoms with van der Waals surface area (Å²) < 4.78 is 5.67. The van der Waals surface area contributed by atoms with Gasteiger partial charge in [-0.05, 0) is 24.5 Å². The summed E-state index contributed by atoms with van der Waals surface area (Å²) in [5.41, 5.74) is 0.791. The van der Waals surface area contributed by atoms with Gasteiger partial charge >= 0.3 is 6.03 Å². The highest BCUT2D eigenvalue weighted by Crippen LogP contribution is 2.39. The van der Waals surface area contributed by atoms with E-state index in [1.807, 2.05) is 6.07 Å². The molecule has 3 fully saturated rings. The van der Waals surface area contributed by atoms with Crippen molar-refractivity contribution in [3.05, 3.63) is 30.1 Å². The lowest BCUT2D eigenvalue weighted by Crippen LogP contribution is -2.55. The molecule has 4 amide bonds. The molecule has 9 heteroatoms. The molecule has 1 aliphatic carbocycles. The Morgan fingerprint density at radius 2 is 2.14 bits per heavy atom. The predicted molar refractivity (Wildman–Crippen MR) is 99.2 cm³/mol. The van der Waals surface area contributed by atoms with Crippen molar-refractivity contribution in [3.63, 3.8) is 0 Å². The summed E-state index contributed by atoms with van der Waals surface area (Å²) in [5, 5.41) is 2.87. The van der Waals surface area contributed by atoms with Crippen molar-refractivity contribution in [1.82, 2.24) is 25.0 Å². The molecule has 0 spiro atoms. The van der Waals surface area contributed by atoms with E-state index in [0.717, 1.165) is 18.4 Å². The Kier molecular flexibility index (Phi) is 5.17. The molecule has 1 saturated carbocycles. The minimum Gasteiger partial charge on any atom is -0.356 e. The number of pyridine rings is 1. The van der Waals surface area contributed by atoms with Crippen molar-refractivity contribution in [3.8, 4) is 0 Å². The van der Waals surface area contributed by atoms with Crippen LogP contribution >= 0.6 is 0 Å². The Bertz CT molecular complexity index is 754. The molecule has 9 nitrogen and oxygen atoms in total. The highest BCUT2D eigenvalue weighted by Gasteiger charge is 2.47. The molecule has 1 aromatic rings.